The van der Waals surface area contributed by atoms with Gasteiger partial charge in [-0.2, -0.15) is 0 Å². The Hall–Kier alpha value is -0.410. The third kappa shape index (κ3) is 7.49. The number of aromatic nitrogens is 1. The molecule has 2 fully saturated rings. The summed E-state index contributed by atoms with van der Waals surface area (Å²) < 4.78 is 0. The lowest BCUT2D eigenvalue weighted by Crippen LogP contribution is -2.46. The van der Waals surface area contributed by atoms with E-state index in [1.807, 2.05) is 7.05 Å². The van der Waals surface area contributed by atoms with Gasteiger partial charge in [0.15, 0.2) is 5.96 Å². The molecule has 0 amide bonds. The lowest BCUT2D eigenvalue weighted by atomic mass is 9.95. The van der Waals surface area contributed by atoms with Crippen LogP contribution in [0.5, 0.6) is 0 Å². The van der Waals surface area contributed by atoms with Crippen molar-refractivity contribution in [2.24, 2.45) is 10.9 Å². The Kier molecular flexibility index (Phi) is 10.3. The van der Waals surface area contributed by atoms with E-state index in [1.165, 1.54) is 68.7 Å². The van der Waals surface area contributed by atoms with Crippen molar-refractivity contribution in [2.75, 3.05) is 26.7 Å². The molecule has 2 aliphatic rings. The molecule has 1 saturated carbocycles. The fourth-order valence-corrected chi connectivity index (χ4v) is 4.77. The quantitative estimate of drug-likeness (QED) is 0.348. The largest absolute Gasteiger partial charge is 0.356 e. The fourth-order valence-electron chi connectivity index (χ4n) is 4.04. The Bertz CT molecular complexity index is 562. The minimum Gasteiger partial charge on any atom is -0.356 e. The molecule has 1 aliphatic carbocycles. The second-order valence-corrected chi connectivity index (χ2v) is 8.68. The number of hydrogen-bond acceptors (Lipinski definition) is 4. The average Bonchev–Trinajstić information content (AvgIpc) is 3.14. The van der Waals surface area contributed by atoms with Crippen LogP contribution in [0.2, 0.25) is 0 Å². The molecule has 1 aromatic rings. The molecule has 3 rings (SSSR count). The van der Waals surface area contributed by atoms with Gasteiger partial charge in [-0.3, -0.25) is 9.89 Å². The highest BCUT2D eigenvalue weighted by Gasteiger charge is 2.21. The summed E-state index contributed by atoms with van der Waals surface area (Å²) in [6, 6.07) is 0.614. The number of guanidine groups is 1. The first kappa shape index (κ1) is 22.9. The Morgan fingerprint density at radius 1 is 1.22 bits per heavy atom. The predicted octanol–water partition coefficient (Wildman–Crippen LogP) is 4.03. The van der Waals surface area contributed by atoms with Crippen molar-refractivity contribution in [3.05, 3.63) is 16.1 Å². The van der Waals surface area contributed by atoms with Crippen LogP contribution in [0, 0.1) is 5.92 Å². The molecule has 0 spiro atoms. The minimum atomic E-state index is 0. The first-order valence-corrected chi connectivity index (χ1v) is 11.3. The van der Waals surface area contributed by atoms with Crippen molar-refractivity contribution in [2.45, 2.75) is 70.9 Å². The fraction of sp³-hybridized carbons (Fsp3) is 0.800. The summed E-state index contributed by atoms with van der Waals surface area (Å²) in [5.74, 6) is 1.74. The van der Waals surface area contributed by atoms with Gasteiger partial charge in [0.25, 0.3) is 0 Å². The van der Waals surface area contributed by atoms with Gasteiger partial charge >= 0.3 is 0 Å². The van der Waals surface area contributed by atoms with E-state index in [0.717, 1.165) is 31.4 Å². The molecule has 154 valence electrons. The first-order valence-electron chi connectivity index (χ1n) is 10.4. The van der Waals surface area contributed by atoms with Crippen LogP contribution in [-0.4, -0.2) is 48.6 Å². The van der Waals surface area contributed by atoms with Gasteiger partial charge in [0.2, 0.25) is 0 Å². The molecule has 0 atom stereocenters. The zero-order valence-electron chi connectivity index (χ0n) is 16.9. The molecule has 5 nitrogen and oxygen atoms in total. The number of rotatable bonds is 6. The molecule has 0 unspecified atom stereocenters. The summed E-state index contributed by atoms with van der Waals surface area (Å²) in [6.45, 7) is 6.59. The number of hydrogen-bond donors (Lipinski definition) is 2. The molecular weight excluding hydrogens is 469 g/mol. The molecular formula is C20H36IN5S. The Morgan fingerprint density at radius 3 is 2.59 bits per heavy atom. The van der Waals surface area contributed by atoms with Gasteiger partial charge in [0, 0.05) is 31.6 Å². The van der Waals surface area contributed by atoms with Crippen molar-refractivity contribution < 1.29 is 0 Å². The maximum atomic E-state index is 4.71. The molecule has 1 saturated heterocycles. The number of likely N-dealkylation sites (tertiary alicyclic amines) is 1. The molecule has 27 heavy (non-hydrogen) atoms. The van der Waals surface area contributed by atoms with Gasteiger partial charge in [-0.05, 0) is 51.1 Å². The van der Waals surface area contributed by atoms with Gasteiger partial charge in [-0.15, -0.1) is 35.3 Å². The van der Waals surface area contributed by atoms with Crippen molar-refractivity contribution in [3.63, 3.8) is 0 Å². The van der Waals surface area contributed by atoms with E-state index in [9.17, 15) is 0 Å². The summed E-state index contributed by atoms with van der Waals surface area (Å²) in [6.07, 6.45) is 10.2. The van der Waals surface area contributed by atoms with E-state index >= 15 is 0 Å². The van der Waals surface area contributed by atoms with Crippen LogP contribution in [0.15, 0.2) is 10.4 Å². The van der Waals surface area contributed by atoms with Crippen molar-refractivity contribution >= 4 is 41.3 Å². The maximum Gasteiger partial charge on any atom is 0.191 e. The smallest absolute Gasteiger partial charge is 0.191 e. The molecule has 1 aliphatic heterocycles. The Morgan fingerprint density at radius 2 is 1.96 bits per heavy atom. The first-order chi connectivity index (χ1) is 12.8. The summed E-state index contributed by atoms with van der Waals surface area (Å²) in [7, 11) is 1.89. The monoisotopic (exact) mass is 505 g/mol. The van der Waals surface area contributed by atoms with Crippen LogP contribution < -0.4 is 10.6 Å². The van der Waals surface area contributed by atoms with Crippen LogP contribution >= 0.6 is 35.3 Å². The van der Waals surface area contributed by atoms with Crippen LogP contribution in [0.1, 0.15) is 62.6 Å². The summed E-state index contributed by atoms with van der Waals surface area (Å²) >= 11 is 1.80. The lowest BCUT2D eigenvalue weighted by molar-refractivity contribution is 0.176. The predicted molar refractivity (Wildman–Crippen MR) is 126 cm³/mol. The Balaban J connectivity index is 0.00000261. The minimum absolute atomic E-state index is 0. The van der Waals surface area contributed by atoms with Crippen LogP contribution in [0.25, 0.3) is 0 Å². The number of halogens is 1. The van der Waals surface area contributed by atoms with E-state index in [0.29, 0.717) is 6.04 Å². The zero-order chi connectivity index (χ0) is 18.2. The Labute approximate surface area is 185 Å². The third-order valence-electron chi connectivity index (χ3n) is 5.72. The van der Waals surface area contributed by atoms with E-state index in [4.69, 9.17) is 4.98 Å². The second-order valence-electron chi connectivity index (χ2n) is 7.74. The number of thiazole rings is 1. The van der Waals surface area contributed by atoms with Crippen LogP contribution in [0.3, 0.4) is 0 Å². The average molecular weight is 506 g/mol. The molecule has 1 aromatic heterocycles. The van der Waals surface area contributed by atoms with Gasteiger partial charge < -0.3 is 10.6 Å². The lowest BCUT2D eigenvalue weighted by Gasteiger charge is -2.32. The topological polar surface area (TPSA) is 52.6 Å². The molecule has 0 aromatic carbocycles. The number of nitrogens with one attached hydrogen (secondary N) is 2. The van der Waals surface area contributed by atoms with Gasteiger partial charge in [0.05, 0.1) is 10.7 Å². The van der Waals surface area contributed by atoms with Gasteiger partial charge in [-0.1, -0.05) is 26.2 Å². The van der Waals surface area contributed by atoms with Crippen LogP contribution in [-0.2, 0) is 13.0 Å². The van der Waals surface area contributed by atoms with E-state index in [1.54, 1.807) is 11.3 Å². The highest BCUT2D eigenvalue weighted by molar-refractivity contribution is 14.0. The SMILES string of the molecule is CCc1nc(CN2CCC(CNC(=NC)NC3CCCCC3)CC2)cs1.I. The highest BCUT2D eigenvalue weighted by atomic mass is 127. The van der Waals surface area contributed by atoms with E-state index in [-0.39, 0.29) is 24.0 Å². The number of piperidine rings is 1. The number of aliphatic imine (C=N–C) groups is 1. The third-order valence-corrected chi connectivity index (χ3v) is 6.76. The van der Waals surface area contributed by atoms with Crippen LogP contribution in [0.4, 0.5) is 0 Å². The molecule has 7 heteroatoms. The zero-order valence-corrected chi connectivity index (χ0v) is 20.0. The standard InChI is InChI=1S/C20H35N5S.HI/c1-3-19-23-18(15-26-19)14-25-11-9-16(10-12-25)13-22-20(21-2)24-17-7-5-4-6-8-17;/h15-17H,3-14H2,1-2H3,(H2,21,22,24);1H. The van der Waals surface area contributed by atoms with Crippen molar-refractivity contribution in [1.29, 1.82) is 0 Å². The van der Waals surface area contributed by atoms with Gasteiger partial charge in [0.1, 0.15) is 0 Å². The molecule has 0 radical (unpaired) electrons. The van der Waals surface area contributed by atoms with Crippen molar-refractivity contribution in [1.82, 2.24) is 20.5 Å². The number of nitrogens with zero attached hydrogens (tertiary/aromatic N) is 3. The highest BCUT2D eigenvalue weighted by Crippen LogP contribution is 2.20. The molecule has 0 bridgehead atoms. The van der Waals surface area contributed by atoms with E-state index < -0.39 is 0 Å². The summed E-state index contributed by atoms with van der Waals surface area (Å²) in [5, 5.41) is 10.7. The van der Waals surface area contributed by atoms with Crippen molar-refractivity contribution in [3.8, 4) is 0 Å². The molecule has 2 N–H and O–H groups in total. The van der Waals surface area contributed by atoms with Gasteiger partial charge in [-0.25, -0.2) is 4.98 Å². The molecule has 2 heterocycles. The summed E-state index contributed by atoms with van der Waals surface area (Å²) in [4.78, 5) is 11.7. The second kappa shape index (κ2) is 12.2. The van der Waals surface area contributed by atoms with E-state index in [2.05, 4.69) is 32.8 Å². The maximum absolute atomic E-state index is 4.71. The summed E-state index contributed by atoms with van der Waals surface area (Å²) in [5.41, 5.74) is 1.25. The number of aryl methyl sites for hydroxylation is 1. The normalized spacial score (nSPS) is 20.3.